The quantitative estimate of drug-likeness (QED) is 0.546. The Morgan fingerprint density at radius 3 is 2.54 bits per heavy atom. The zero-order chi connectivity index (χ0) is 20.6. The van der Waals surface area contributed by atoms with E-state index in [2.05, 4.69) is 5.32 Å². The van der Waals surface area contributed by atoms with E-state index in [4.69, 9.17) is 9.73 Å². The first-order valence-electron chi connectivity index (χ1n) is 9.98. The highest BCUT2D eigenvalue weighted by Crippen LogP contribution is 2.39. The third kappa shape index (κ3) is 5.59. The van der Waals surface area contributed by atoms with E-state index in [0.29, 0.717) is 19.7 Å². The smallest absolute Gasteiger partial charge is 0.230 e. The van der Waals surface area contributed by atoms with Gasteiger partial charge in [0.15, 0.2) is 17.5 Å². The Morgan fingerprint density at radius 2 is 1.93 bits per heavy atom. The van der Waals surface area contributed by atoms with Gasteiger partial charge in [-0.3, -0.25) is 9.79 Å². The van der Waals surface area contributed by atoms with Crippen molar-refractivity contribution in [2.45, 2.75) is 32.6 Å². The summed E-state index contributed by atoms with van der Waals surface area (Å²) in [7, 11) is 5.54. The SMILES string of the molecule is CCNC(=NCC1(C(=O)N(C)C)CCCC1)N(C)CCOc1ccccc1F. The van der Waals surface area contributed by atoms with Crippen LogP contribution in [0.2, 0.25) is 0 Å². The number of guanidine groups is 1. The largest absolute Gasteiger partial charge is 0.489 e. The first kappa shape index (κ1) is 22.0. The van der Waals surface area contributed by atoms with Gasteiger partial charge in [-0.1, -0.05) is 25.0 Å². The summed E-state index contributed by atoms with van der Waals surface area (Å²) in [6.45, 7) is 4.10. The number of hydrogen-bond donors (Lipinski definition) is 1. The number of halogens is 1. The average molecular weight is 393 g/mol. The summed E-state index contributed by atoms with van der Waals surface area (Å²) in [6, 6.07) is 6.38. The van der Waals surface area contributed by atoms with Crippen molar-refractivity contribution in [2.24, 2.45) is 10.4 Å². The van der Waals surface area contributed by atoms with Gasteiger partial charge in [0.1, 0.15) is 6.61 Å². The molecule has 1 aromatic rings. The summed E-state index contributed by atoms with van der Waals surface area (Å²) in [5, 5.41) is 3.27. The van der Waals surface area contributed by atoms with Gasteiger partial charge in [-0.2, -0.15) is 0 Å². The van der Waals surface area contributed by atoms with Gasteiger partial charge in [0.25, 0.3) is 0 Å². The van der Waals surface area contributed by atoms with Crippen LogP contribution in [0, 0.1) is 11.2 Å². The molecule has 1 aliphatic carbocycles. The van der Waals surface area contributed by atoms with Crippen molar-refractivity contribution in [1.82, 2.24) is 15.1 Å². The molecule has 0 spiro atoms. The van der Waals surface area contributed by atoms with Gasteiger partial charge in [0.05, 0.1) is 18.5 Å². The van der Waals surface area contributed by atoms with E-state index in [9.17, 15) is 9.18 Å². The van der Waals surface area contributed by atoms with Crippen LogP contribution in [0.5, 0.6) is 5.75 Å². The first-order chi connectivity index (χ1) is 13.4. The second-order valence-corrected chi connectivity index (χ2v) is 7.56. The molecule has 0 radical (unpaired) electrons. The normalized spacial score (nSPS) is 16.0. The fourth-order valence-corrected chi connectivity index (χ4v) is 3.62. The van der Waals surface area contributed by atoms with Crippen LogP contribution in [0.1, 0.15) is 32.6 Å². The molecule has 1 saturated carbocycles. The molecule has 0 unspecified atom stereocenters. The second kappa shape index (κ2) is 10.3. The Kier molecular flexibility index (Phi) is 8.08. The molecular formula is C21H33FN4O2. The number of carbonyl (C=O) groups excluding carboxylic acids is 1. The lowest BCUT2D eigenvalue weighted by Gasteiger charge is -2.30. The van der Waals surface area contributed by atoms with Crippen molar-refractivity contribution in [3.63, 3.8) is 0 Å². The molecule has 0 saturated heterocycles. The third-order valence-electron chi connectivity index (χ3n) is 5.17. The van der Waals surface area contributed by atoms with Crippen LogP contribution in [0.25, 0.3) is 0 Å². The maximum Gasteiger partial charge on any atom is 0.230 e. The number of hydrogen-bond acceptors (Lipinski definition) is 3. The maximum absolute atomic E-state index is 13.7. The topological polar surface area (TPSA) is 57.2 Å². The van der Waals surface area contributed by atoms with Crippen molar-refractivity contribution in [3.8, 4) is 5.75 Å². The van der Waals surface area contributed by atoms with E-state index < -0.39 is 5.41 Å². The van der Waals surface area contributed by atoms with Gasteiger partial charge in [-0.25, -0.2) is 4.39 Å². The zero-order valence-corrected chi connectivity index (χ0v) is 17.5. The summed E-state index contributed by atoms with van der Waals surface area (Å²) in [5.74, 6) is 0.781. The predicted molar refractivity (Wildman–Crippen MR) is 110 cm³/mol. The van der Waals surface area contributed by atoms with Crippen molar-refractivity contribution in [1.29, 1.82) is 0 Å². The lowest BCUT2D eigenvalue weighted by molar-refractivity contribution is -0.138. The van der Waals surface area contributed by atoms with Crippen molar-refractivity contribution in [2.75, 3.05) is 47.4 Å². The molecule has 1 aromatic carbocycles. The van der Waals surface area contributed by atoms with Crippen LogP contribution in [-0.4, -0.2) is 69.1 Å². The van der Waals surface area contributed by atoms with Crippen molar-refractivity contribution >= 4 is 11.9 Å². The fourth-order valence-electron chi connectivity index (χ4n) is 3.62. The fraction of sp³-hybridized carbons (Fsp3) is 0.619. The number of benzene rings is 1. The van der Waals surface area contributed by atoms with Gasteiger partial charge in [0.2, 0.25) is 5.91 Å². The van der Waals surface area contributed by atoms with Crippen LogP contribution in [0.4, 0.5) is 4.39 Å². The third-order valence-corrected chi connectivity index (χ3v) is 5.17. The number of para-hydroxylation sites is 1. The predicted octanol–water partition coefficient (Wildman–Crippen LogP) is 2.75. The number of carbonyl (C=O) groups is 1. The van der Waals surface area contributed by atoms with Gasteiger partial charge in [-0.15, -0.1) is 0 Å². The minimum atomic E-state index is -0.394. The van der Waals surface area contributed by atoms with Crippen LogP contribution in [0.15, 0.2) is 29.3 Å². The molecular weight excluding hydrogens is 359 g/mol. The number of nitrogens with one attached hydrogen (secondary N) is 1. The Bertz CT molecular complexity index is 672. The summed E-state index contributed by atoms with van der Waals surface area (Å²) in [5.41, 5.74) is -0.394. The number of amides is 1. The molecule has 0 aliphatic heterocycles. The zero-order valence-electron chi connectivity index (χ0n) is 17.5. The molecule has 0 heterocycles. The monoisotopic (exact) mass is 392 g/mol. The lowest BCUT2D eigenvalue weighted by Crippen LogP contribution is -2.44. The molecule has 0 atom stereocenters. The molecule has 7 heteroatoms. The molecule has 1 aliphatic rings. The van der Waals surface area contributed by atoms with E-state index in [0.717, 1.165) is 38.2 Å². The van der Waals surface area contributed by atoms with Gasteiger partial charge >= 0.3 is 0 Å². The lowest BCUT2D eigenvalue weighted by atomic mass is 9.85. The Morgan fingerprint density at radius 1 is 1.25 bits per heavy atom. The van der Waals surface area contributed by atoms with E-state index in [1.807, 2.05) is 33.0 Å². The van der Waals surface area contributed by atoms with Gasteiger partial charge < -0.3 is 19.9 Å². The minimum Gasteiger partial charge on any atom is -0.489 e. The first-order valence-corrected chi connectivity index (χ1v) is 9.98. The number of rotatable bonds is 8. The van der Waals surface area contributed by atoms with Crippen LogP contribution in [0.3, 0.4) is 0 Å². The van der Waals surface area contributed by atoms with Crippen LogP contribution >= 0.6 is 0 Å². The second-order valence-electron chi connectivity index (χ2n) is 7.56. The molecule has 6 nitrogen and oxygen atoms in total. The Hall–Kier alpha value is -2.31. The average Bonchev–Trinajstić information content (AvgIpc) is 3.15. The number of aliphatic imine (C=N–C) groups is 1. The van der Waals surface area contributed by atoms with Crippen LogP contribution < -0.4 is 10.1 Å². The van der Waals surface area contributed by atoms with Gasteiger partial charge in [0, 0.05) is 27.7 Å². The summed E-state index contributed by atoms with van der Waals surface area (Å²) < 4.78 is 19.2. The molecule has 28 heavy (non-hydrogen) atoms. The maximum atomic E-state index is 13.7. The van der Waals surface area contributed by atoms with Crippen molar-refractivity contribution < 1.29 is 13.9 Å². The highest BCUT2D eigenvalue weighted by Gasteiger charge is 2.42. The highest BCUT2D eigenvalue weighted by molar-refractivity contribution is 5.84. The molecule has 0 aromatic heterocycles. The molecule has 1 amide bonds. The number of ether oxygens (including phenoxy) is 1. The highest BCUT2D eigenvalue weighted by atomic mass is 19.1. The molecule has 156 valence electrons. The standard InChI is InChI=1S/C21H33FN4O2/c1-5-23-20(24-16-21(12-8-9-13-21)19(27)25(2)3)26(4)14-15-28-18-11-7-6-10-17(18)22/h6-7,10-11H,5,8-9,12-16H2,1-4H3,(H,23,24). The van der Waals surface area contributed by atoms with Crippen molar-refractivity contribution in [3.05, 3.63) is 30.1 Å². The number of nitrogens with zero attached hydrogens (tertiary/aromatic N) is 3. The minimum absolute atomic E-state index is 0.162. The molecule has 2 rings (SSSR count). The van der Waals surface area contributed by atoms with E-state index in [1.54, 1.807) is 23.1 Å². The van der Waals surface area contributed by atoms with Crippen LogP contribution in [-0.2, 0) is 4.79 Å². The molecule has 1 fully saturated rings. The summed E-state index contributed by atoms with van der Waals surface area (Å²) >= 11 is 0. The summed E-state index contributed by atoms with van der Waals surface area (Å²) in [4.78, 5) is 21.1. The van der Waals surface area contributed by atoms with E-state index in [1.165, 1.54) is 6.07 Å². The number of likely N-dealkylation sites (N-methyl/N-ethyl adjacent to an activating group) is 1. The van der Waals surface area contributed by atoms with E-state index in [-0.39, 0.29) is 17.5 Å². The molecule has 1 N–H and O–H groups in total. The molecule has 0 bridgehead atoms. The summed E-state index contributed by atoms with van der Waals surface area (Å²) in [6.07, 6.45) is 3.90. The Balaban J connectivity index is 2.00. The van der Waals surface area contributed by atoms with Gasteiger partial charge in [-0.05, 0) is 31.9 Å². The van der Waals surface area contributed by atoms with E-state index >= 15 is 0 Å². The Labute approximate surface area is 167 Å².